The Bertz CT molecular complexity index is 321. The molecule has 0 aliphatic heterocycles. The van der Waals surface area contributed by atoms with Crippen LogP contribution in [0, 0.1) is 0 Å². The van der Waals surface area contributed by atoms with E-state index in [-0.39, 0.29) is 11.3 Å². The van der Waals surface area contributed by atoms with E-state index >= 15 is 0 Å². The summed E-state index contributed by atoms with van der Waals surface area (Å²) in [5, 5.41) is 22.2. The summed E-state index contributed by atoms with van der Waals surface area (Å²) in [5.41, 5.74) is 0.581. The van der Waals surface area contributed by atoms with Crippen LogP contribution < -0.4 is 5.32 Å². The molecule has 1 heterocycles. The fraction of sp³-hybridized carbons (Fsp3) is 0.545. The molecule has 0 amide bonds. The normalized spacial score (nSPS) is 13.9. The summed E-state index contributed by atoms with van der Waals surface area (Å²) in [6.45, 7) is 6.52. The minimum atomic E-state index is -0.649. The molecule has 1 aromatic rings. The molecule has 4 nitrogen and oxygen atoms in total. The highest BCUT2D eigenvalue weighted by molar-refractivity contribution is 5.23. The largest absolute Gasteiger partial charge is 0.506 e. The fourth-order valence-corrected chi connectivity index (χ4v) is 1.15. The first-order valence-electron chi connectivity index (χ1n) is 4.95. The van der Waals surface area contributed by atoms with E-state index in [0.29, 0.717) is 12.1 Å². The van der Waals surface area contributed by atoms with Crippen LogP contribution >= 0.6 is 0 Å². The van der Waals surface area contributed by atoms with Gasteiger partial charge in [-0.25, -0.2) is 0 Å². The van der Waals surface area contributed by atoms with E-state index < -0.39 is 6.10 Å². The van der Waals surface area contributed by atoms with Gasteiger partial charge in [-0.3, -0.25) is 4.98 Å². The van der Waals surface area contributed by atoms with Crippen LogP contribution in [-0.4, -0.2) is 27.3 Å². The van der Waals surface area contributed by atoms with Crippen molar-refractivity contribution in [1.82, 2.24) is 10.3 Å². The summed E-state index contributed by atoms with van der Waals surface area (Å²) in [4.78, 5) is 3.81. The Kier molecular flexibility index (Phi) is 3.66. The zero-order valence-corrected chi connectivity index (χ0v) is 9.36. The quantitative estimate of drug-likeness (QED) is 0.701. The summed E-state index contributed by atoms with van der Waals surface area (Å²) >= 11 is 0. The molecule has 0 radical (unpaired) electrons. The van der Waals surface area contributed by atoms with Gasteiger partial charge in [0.1, 0.15) is 5.75 Å². The van der Waals surface area contributed by atoms with E-state index in [1.807, 2.05) is 20.8 Å². The molecule has 0 fully saturated rings. The van der Waals surface area contributed by atoms with Crippen LogP contribution in [0.3, 0.4) is 0 Å². The van der Waals surface area contributed by atoms with E-state index in [1.54, 1.807) is 6.20 Å². The third kappa shape index (κ3) is 4.27. The highest BCUT2D eigenvalue weighted by Crippen LogP contribution is 2.16. The molecule has 1 aromatic heterocycles. The summed E-state index contributed by atoms with van der Waals surface area (Å²) in [6, 6.07) is 1.52. The minimum Gasteiger partial charge on any atom is -0.506 e. The van der Waals surface area contributed by atoms with Gasteiger partial charge in [0.25, 0.3) is 0 Å². The molecular weight excluding hydrogens is 192 g/mol. The maximum Gasteiger partial charge on any atom is 0.134 e. The highest BCUT2D eigenvalue weighted by atomic mass is 16.3. The zero-order valence-electron chi connectivity index (χ0n) is 9.36. The first kappa shape index (κ1) is 11.9. The molecule has 0 aliphatic carbocycles. The number of aliphatic hydroxyl groups is 1. The summed E-state index contributed by atoms with van der Waals surface area (Å²) in [6.07, 6.45) is 2.24. The molecule has 3 N–H and O–H groups in total. The number of aromatic hydroxyl groups is 1. The molecule has 0 spiro atoms. The van der Waals surface area contributed by atoms with Gasteiger partial charge in [-0.15, -0.1) is 0 Å². The van der Waals surface area contributed by atoms with Crippen molar-refractivity contribution in [2.45, 2.75) is 32.4 Å². The molecule has 0 aromatic carbocycles. The number of β-amino-alcohol motifs (C(OH)–C–C–N with tert-alkyl or cyclic N) is 1. The lowest BCUT2D eigenvalue weighted by Gasteiger charge is -2.22. The summed E-state index contributed by atoms with van der Waals surface area (Å²) < 4.78 is 0. The van der Waals surface area contributed by atoms with Crippen molar-refractivity contribution in [2.24, 2.45) is 0 Å². The molecule has 1 rings (SSSR count). The van der Waals surface area contributed by atoms with E-state index in [0.717, 1.165) is 0 Å². The van der Waals surface area contributed by atoms with Crippen molar-refractivity contribution >= 4 is 0 Å². The molecule has 84 valence electrons. The van der Waals surface area contributed by atoms with Gasteiger partial charge in [-0.05, 0) is 26.8 Å². The monoisotopic (exact) mass is 210 g/mol. The lowest BCUT2D eigenvalue weighted by molar-refractivity contribution is 0.162. The van der Waals surface area contributed by atoms with E-state index in [4.69, 9.17) is 0 Å². The van der Waals surface area contributed by atoms with Crippen LogP contribution in [0.1, 0.15) is 32.4 Å². The van der Waals surface area contributed by atoms with E-state index in [9.17, 15) is 10.2 Å². The van der Waals surface area contributed by atoms with Crippen molar-refractivity contribution in [2.75, 3.05) is 6.54 Å². The van der Waals surface area contributed by atoms with Crippen LogP contribution in [0.4, 0.5) is 0 Å². The van der Waals surface area contributed by atoms with E-state index in [2.05, 4.69) is 10.3 Å². The lowest BCUT2D eigenvalue weighted by Crippen LogP contribution is -2.38. The Morgan fingerprint density at radius 1 is 1.40 bits per heavy atom. The lowest BCUT2D eigenvalue weighted by atomic mass is 10.1. The summed E-state index contributed by atoms with van der Waals surface area (Å²) in [7, 11) is 0. The second-order valence-electron chi connectivity index (χ2n) is 4.62. The molecule has 0 saturated carbocycles. The average molecular weight is 210 g/mol. The first-order chi connectivity index (χ1) is 6.88. The smallest absolute Gasteiger partial charge is 0.134 e. The topological polar surface area (TPSA) is 65.4 Å². The number of rotatable bonds is 3. The number of nitrogens with zero attached hydrogens (tertiary/aromatic N) is 1. The number of hydrogen-bond acceptors (Lipinski definition) is 4. The van der Waals surface area contributed by atoms with Crippen molar-refractivity contribution in [3.63, 3.8) is 0 Å². The Morgan fingerprint density at radius 2 is 2.07 bits per heavy atom. The molecule has 1 atom stereocenters. The molecule has 0 aliphatic rings. The number of nitrogens with one attached hydrogen (secondary N) is 1. The fourth-order valence-electron chi connectivity index (χ4n) is 1.15. The van der Waals surface area contributed by atoms with Crippen LogP contribution in [0.25, 0.3) is 0 Å². The SMILES string of the molecule is CC(C)(C)NC[C@H](O)c1cncc(O)c1. The third-order valence-electron chi connectivity index (χ3n) is 1.96. The predicted molar refractivity (Wildman–Crippen MR) is 58.6 cm³/mol. The van der Waals surface area contributed by atoms with Crippen molar-refractivity contribution < 1.29 is 10.2 Å². The molecule has 4 heteroatoms. The second-order valence-corrected chi connectivity index (χ2v) is 4.62. The van der Waals surface area contributed by atoms with Crippen LogP contribution in [0.2, 0.25) is 0 Å². The molecule has 0 bridgehead atoms. The van der Waals surface area contributed by atoms with Crippen LogP contribution in [0.5, 0.6) is 5.75 Å². The Labute approximate surface area is 90.0 Å². The van der Waals surface area contributed by atoms with E-state index in [1.165, 1.54) is 12.3 Å². The second kappa shape index (κ2) is 4.59. The molecular formula is C11H18N2O2. The van der Waals surface area contributed by atoms with Crippen LogP contribution in [-0.2, 0) is 0 Å². The number of pyridine rings is 1. The highest BCUT2D eigenvalue weighted by Gasteiger charge is 2.13. The zero-order chi connectivity index (χ0) is 11.5. The van der Waals surface area contributed by atoms with Crippen molar-refractivity contribution in [3.05, 3.63) is 24.0 Å². The first-order valence-corrected chi connectivity index (χ1v) is 4.95. The Morgan fingerprint density at radius 3 is 2.60 bits per heavy atom. The van der Waals surface area contributed by atoms with Gasteiger partial charge in [0.2, 0.25) is 0 Å². The van der Waals surface area contributed by atoms with Crippen molar-refractivity contribution in [3.8, 4) is 5.75 Å². The predicted octanol–water partition coefficient (Wildman–Crippen LogP) is 1.21. The Hall–Kier alpha value is -1.13. The number of aromatic nitrogens is 1. The third-order valence-corrected chi connectivity index (χ3v) is 1.96. The van der Waals surface area contributed by atoms with Gasteiger partial charge in [0, 0.05) is 23.8 Å². The maximum absolute atomic E-state index is 9.79. The van der Waals surface area contributed by atoms with Crippen molar-refractivity contribution in [1.29, 1.82) is 0 Å². The average Bonchev–Trinajstić information content (AvgIpc) is 2.13. The molecule has 0 saturated heterocycles. The van der Waals surface area contributed by atoms with Gasteiger partial charge in [0.15, 0.2) is 0 Å². The minimum absolute atomic E-state index is 0.0365. The number of aliphatic hydroxyl groups excluding tert-OH is 1. The summed E-state index contributed by atoms with van der Waals surface area (Å²) in [5.74, 6) is 0.0716. The standard InChI is InChI=1S/C11H18N2O2/c1-11(2,3)13-7-10(15)8-4-9(14)6-12-5-8/h4-6,10,13-15H,7H2,1-3H3/t10-/m0/s1. The van der Waals surface area contributed by atoms with Gasteiger partial charge < -0.3 is 15.5 Å². The van der Waals surface area contributed by atoms with Gasteiger partial charge in [0.05, 0.1) is 12.3 Å². The molecule has 0 unspecified atom stereocenters. The van der Waals surface area contributed by atoms with Gasteiger partial charge in [-0.1, -0.05) is 0 Å². The maximum atomic E-state index is 9.79. The van der Waals surface area contributed by atoms with Gasteiger partial charge >= 0.3 is 0 Å². The van der Waals surface area contributed by atoms with Gasteiger partial charge in [-0.2, -0.15) is 0 Å². The molecule has 15 heavy (non-hydrogen) atoms. The Balaban J connectivity index is 2.58. The number of hydrogen-bond donors (Lipinski definition) is 3. The van der Waals surface area contributed by atoms with Crippen LogP contribution in [0.15, 0.2) is 18.5 Å².